The van der Waals surface area contributed by atoms with Crippen LogP contribution in [0, 0.1) is 5.92 Å². The molecule has 0 radical (unpaired) electrons. The highest BCUT2D eigenvalue weighted by molar-refractivity contribution is 7.09. The smallest absolute Gasteiger partial charge is 0.226 e. The molecule has 1 aliphatic rings. The third-order valence-corrected chi connectivity index (χ3v) is 4.61. The molecule has 1 aromatic heterocycles. The van der Waals surface area contributed by atoms with E-state index in [0.29, 0.717) is 6.42 Å². The van der Waals surface area contributed by atoms with Gasteiger partial charge in [0, 0.05) is 29.4 Å². The average Bonchev–Trinajstić information content (AvgIpc) is 2.97. The maximum Gasteiger partial charge on any atom is 0.226 e. The van der Waals surface area contributed by atoms with Crippen molar-refractivity contribution in [2.75, 3.05) is 6.61 Å². The molecule has 2 rings (SSSR count). The lowest BCUT2D eigenvalue weighted by Crippen LogP contribution is -2.34. The molecule has 1 aliphatic carbocycles. The van der Waals surface area contributed by atoms with Crippen LogP contribution in [0.25, 0.3) is 0 Å². The Kier molecular flexibility index (Phi) is 4.60. The predicted octanol–water partition coefficient (Wildman–Crippen LogP) is 2.04. The number of hydrogen-bond acceptors (Lipinski definition) is 4. The largest absolute Gasteiger partial charge is 0.396 e. The minimum Gasteiger partial charge on any atom is -0.396 e. The molecular formula is C15H22N2O2S. The molecule has 20 heavy (non-hydrogen) atoms. The molecule has 5 heteroatoms. The van der Waals surface area contributed by atoms with E-state index in [4.69, 9.17) is 5.11 Å². The molecule has 4 nitrogen and oxygen atoms in total. The molecule has 0 saturated heterocycles. The predicted molar refractivity (Wildman–Crippen MR) is 80.8 cm³/mol. The topological polar surface area (TPSA) is 62.2 Å². The maximum atomic E-state index is 12.0. The monoisotopic (exact) mass is 294 g/mol. The molecule has 0 spiro atoms. The molecule has 1 aromatic rings. The van der Waals surface area contributed by atoms with E-state index < -0.39 is 0 Å². The minimum atomic E-state index is -0.0102. The minimum absolute atomic E-state index is 0.0102. The van der Waals surface area contributed by atoms with Crippen molar-refractivity contribution >= 4 is 17.2 Å². The van der Waals surface area contributed by atoms with Gasteiger partial charge in [-0.1, -0.05) is 32.9 Å². The summed E-state index contributed by atoms with van der Waals surface area (Å²) in [7, 11) is 0. The summed E-state index contributed by atoms with van der Waals surface area (Å²) in [4.78, 5) is 16.5. The molecule has 110 valence electrons. The Balaban J connectivity index is 1.86. The van der Waals surface area contributed by atoms with Crippen molar-refractivity contribution in [2.24, 2.45) is 5.92 Å². The molecule has 1 heterocycles. The zero-order valence-electron chi connectivity index (χ0n) is 12.2. The second kappa shape index (κ2) is 6.06. The van der Waals surface area contributed by atoms with Crippen molar-refractivity contribution in [3.63, 3.8) is 0 Å². The molecule has 0 unspecified atom stereocenters. The normalized spacial score (nSPS) is 22.2. The molecule has 0 fully saturated rings. The van der Waals surface area contributed by atoms with Gasteiger partial charge in [0.05, 0.1) is 17.1 Å². The Labute approximate surface area is 123 Å². The van der Waals surface area contributed by atoms with Crippen LogP contribution >= 0.6 is 11.3 Å². The number of thiazole rings is 1. The summed E-state index contributed by atoms with van der Waals surface area (Å²) in [6, 6.07) is 0.0420. The van der Waals surface area contributed by atoms with Gasteiger partial charge in [-0.15, -0.1) is 11.3 Å². The van der Waals surface area contributed by atoms with Crippen molar-refractivity contribution in [3.8, 4) is 0 Å². The molecule has 0 saturated carbocycles. The Morgan fingerprint density at radius 1 is 1.50 bits per heavy atom. The van der Waals surface area contributed by atoms with E-state index in [9.17, 15) is 4.79 Å². The van der Waals surface area contributed by atoms with Crippen molar-refractivity contribution in [1.82, 2.24) is 10.3 Å². The fourth-order valence-corrected chi connectivity index (χ4v) is 3.08. The van der Waals surface area contributed by atoms with E-state index in [1.165, 1.54) is 0 Å². The van der Waals surface area contributed by atoms with Gasteiger partial charge in [-0.25, -0.2) is 4.98 Å². The fraction of sp³-hybridized carbons (Fsp3) is 0.600. The highest BCUT2D eigenvalue weighted by Gasteiger charge is 2.21. The lowest BCUT2D eigenvalue weighted by molar-refractivity contribution is -0.120. The van der Waals surface area contributed by atoms with Gasteiger partial charge in [0.1, 0.15) is 0 Å². The molecule has 2 N–H and O–H groups in total. The molecule has 0 bridgehead atoms. The number of hydrogen-bond donors (Lipinski definition) is 2. The van der Waals surface area contributed by atoms with Crippen molar-refractivity contribution < 1.29 is 9.90 Å². The lowest BCUT2D eigenvalue weighted by Gasteiger charge is -2.14. The van der Waals surface area contributed by atoms with Gasteiger partial charge in [0.15, 0.2) is 0 Å². The quantitative estimate of drug-likeness (QED) is 0.835. The van der Waals surface area contributed by atoms with Gasteiger partial charge in [-0.2, -0.15) is 0 Å². The van der Waals surface area contributed by atoms with E-state index in [2.05, 4.69) is 31.1 Å². The summed E-state index contributed by atoms with van der Waals surface area (Å²) in [6.07, 6.45) is 5.03. The first-order chi connectivity index (χ1) is 9.38. The van der Waals surface area contributed by atoms with E-state index in [0.717, 1.165) is 17.1 Å². The van der Waals surface area contributed by atoms with Gasteiger partial charge in [0.2, 0.25) is 5.91 Å². The van der Waals surface area contributed by atoms with E-state index in [1.807, 2.05) is 17.5 Å². The third kappa shape index (κ3) is 3.90. The van der Waals surface area contributed by atoms with Gasteiger partial charge in [0.25, 0.3) is 0 Å². The van der Waals surface area contributed by atoms with Crippen LogP contribution in [0.3, 0.4) is 0 Å². The molecule has 1 amide bonds. The number of carbonyl (C=O) groups is 1. The standard InChI is InChI=1S/C15H22N2O2S/c1-15(2,3)14-17-12(9-20-14)7-13(19)16-11-5-4-10(6-11)8-18/h4-5,9-11,18H,6-8H2,1-3H3,(H,16,19)/t10-,11+/m0/s1. The van der Waals surface area contributed by atoms with E-state index >= 15 is 0 Å². The SMILES string of the molecule is CC(C)(C)c1nc(CC(=O)N[C@@H]2C=C[C@H](CO)C2)cs1. The first-order valence-corrected chi connectivity index (χ1v) is 7.80. The summed E-state index contributed by atoms with van der Waals surface area (Å²) in [5.74, 6) is 0.163. The number of rotatable bonds is 4. The fourth-order valence-electron chi connectivity index (χ4n) is 2.17. The zero-order valence-corrected chi connectivity index (χ0v) is 13.0. The Bertz CT molecular complexity index is 502. The van der Waals surface area contributed by atoms with Crippen molar-refractivity contribution in [3.05, 3.63) is 28.2 Å². The van der Waals surface area contributed by atoms with Gasteiger partial charge >= 0.3 is 0 Å². The van der Waals surface area contributed by atoms with Crippen LogP contribution in [0.5, 0.6) is 0 Å². The Hall–Kier alpha value is -1.20. The summed E-state index contributed by atoms with van der Waals surface area (Å²) in [5.41, 5.74) is 0.861. The van der Waals surface area contributed by atoms with Crippen LogP contribution in [-0.2, 0) is 16.6 Å². The second-order valence-electron chi connectivity index (χ2n) is 6.31. The number of aliphatic hydroxyl groups is 1. The number of nitrogens with one attached hydrogen (secondary N) is 1. The molecule has 0 aromatic carbocycles. The molecular weight excluding hydrogens is 272 g/mol. The van der Waals surface area contributed by atoms with Gasteiger partial charge < -0.3 is 10.4 Å². The first kappa shape index (κ1) is 15.2. The average molecular weight is 294 g/mol. The number of carbonyl (C=O) groups excluding carboxylic acids is 1. The number of amides is 1. The van der Waals surface area contributed by atoms with Crippen LogP contribution in [0.4, 0.5) is 0 Å². The van der Waals surface area contributed by atoms with Crippen LogP contribution in [0.15, 0.2) is 17.5 Å². The maximum absolute atomic E-state index is 12.0. The summed E-state index contributed by atoms with van der Waals surface area (Å²) in [6.45, 7) is 6.50. The molecule has 2 atom stereocenters. The summed E-state index contributed by atoms with van der Waals surface area (Å²) >= 11 is 1.61. The van der Waals surface area contributed by atoms with E-state index in [1.54, 1.807) is 11.3 Å². The third-order valence-electron chi connectivity index (χ3n) is 3.29. The Morgan fingerprint density at radius 3 is 2.80 bits per heavy atom. The van der Waals surface area contributed by atoms with Gasteiger partial charge in [-0.3, -0.25) is 4.79 Å². The summed E-state index contributed by atoms with van der Waals surface area (Å²) in [5, 5.41) is 15.0. The van der Waals surface area contributed by atoms with Crippen molar-refractivity contribution in [1.29, 1.82) is 0 Å². The highest BCUT2D eigenvalue weighted by atomic mass is 32.1. The van der Waals surface area contributed by atoms with Crippen LogP contribution in [0.2, 0.25) is 0 Å². The lowest BCUT2D eigenvalue weighted by atomic mass is 9.98. The first-order valence-electron chi connectivity index (χ1n) is 6.92. The zero-order chi connectivity index (χ0) is 14.8. The van der Waals surface area contributed by atoms with Crippen LogP contribution in [-0.4, -0.2) is 28.6 Å². The Morgan fingerprint density at radius 2 is 2.25 bits per heavy atom. The van der Waals surface area contributed by atoms with Crippen molar-refractivity contribution in [2.45, 2.75) is 45.1 Å². The number of aromatic nitrogens is 1. The number of aliphatic hydroxyl groups excluding tert-OH is 1. The highest BCUT2D eigenvalue weighted by Crippen LogP contribution is 2.25. The molecule has 0 aliphatic heterocycles. The number of nitrogens with zero attached hydrogens (tertiary/aromatic N) is 1. The van der Waals surface area contributed by atoms with Crippen LogP contribution in [0.1, 0.15) is 37.9 Å². The van der Waals surface area contributed by atoms with Crippen LogP contribution < -0.4 is 5.32 Å². The summed E-state index contributed by atoms with van der Waals surface area (Å²) < 4.78 is 0. The second-order valence-corrected chi connectivity index (χ2v) is 7.17. The van der Waals surface area contributed by atoms with E-state index in [-0.39, 0.29) is 29.9 Å². The van der Waals surface area contributed by atoms with Gasteiger partial charge in [-0.05, 0) is 6.42 Å².